The maximum Gasteiger partial charge on any atom is 0.325 e. The van der Waals surface area contributed by atoms with Crippen molar-refractivity contribution in [2.75, 3.05) is 36.0 Å². The van der Waals surface area contributed by atoms with Gasteiger partial charge in [0.25, 0.3) is 11.4 Å². The Bertz CT molecular complexity index is 2080. The van der Waals surface area contributed by atoms with Crippen LogP contribution in [0.25, 0.3) is 0 Å². The van der Waals surface area contributed by atoms with E-state index in [0.29, 0.717) is 28.1 Å². The van der Waals surface area contributed by atoms with Crippen molar-refractivity contribution in [1.82, 2.24) is 0 Å². The number of ether oxygens (including phenoxy) is 3. The largest absolute Gasteiger partial charge is 0.459 e. The number of carbonyl (C=O) groups excluding carboxylic acids is 3. The monoisotopic (exact) mass is 817 g/mol. The standard InChI is InChI=1S/C13H15N3O4.C13H17N3O2.C8H6N2O2.C6H13NO2/c1-13(2,3)20-12(17)8-15-10-5-4-9(7-14)6-11(10)16(18)19;1-13(2,3)18-12(17)8-16-11-5-4-9(7-14)6-10(11)15;1-6-2-3-7(5-9)4-8(6)10(11)12;1-6(2,3)9-5(8)4-7/h4-6,15H,8H2,1-3H3;4-6,16H,8,15H2,1-3H3;2-4H,1H3;4,7H2,1-3H3. The van der Waals surface area contributed by atoms with Gasteiger partial charge in [-0.2, -0.15) is 15.8 Å². The second kappa shape index (κ2) is 23.7. The van der Waals surface area contributed by atoms with E-state index in [1.54, 1.807) is 99.6 Å². The molecule has 3 aromatic carbocycles. The number of nitrogens with two attached hydrogens (primary N) is 2. The van der Waals surface area contributed by atoms with Crippen molar-refractivity contribution >= 4 is 46.3 Å². The van der Waals surface area contributed by atoms with E-state index in [0.717, 1.165) is 6.07 Å². The quantitative estimate of drug-likeness (QED) is 0.0616. The molecular formula is C40H51N9O10. The van der Waals surface area contributed by atoms with Gasteiger partial charge in [0, 0.05) is 17.7 Å². The Labute approximate surface area is 343 Å². The van der Waals surface area contributed by atoms with Gasteiger partial charge in [0.15, 0.2) is 0 Å². The molecule has 0 fully saturated rings. The van der Waals surface area contributed by atoms with Crippen LogP contribution in [-0.2, 0) is 28.6 Å². The predicted octanol–water partition coefficient (Wildman–Crippen LogP) is 6.18. The van der Waals surface area contributed by atoms with Gasteiger partial charge in [0.1, 0.15) is 35.6 Å². The number of nitro groups is 2. The molecule has 0 unspecified atom stereocenters. The molecule has 0 amide bonds. The molecule has 0 heterocycles. The van der Waals surface area contributed by atoms with Crippen molar-refractivity contribution in [1.29, 1.82) is 15.8 Å². The van der Waals surface area contributed by atoms with Crippen molar-refractivity contribution in [2.45, 2.75) is 86.0 Å². The van der Waals surface area contributed by atoms with Crippen LogP contribution in [0.3, 0.4) is 0 Å². The van der Waals surface area contributed by atoms with E-state index >= 15 is 0 Å². The van der Waals surface area contributed by atoms with E-state index in [-0.39, 0.29) is 54.2 Å². The average molecular weight is 818 g/mol. The second-order valence-corrected chi connectivity index (χ2v) is 15.1. The zero-order chi connectivity index (χ0) is 45.7. The van der Waals surface area contributed by atoms with Crippen LogP contribution in [0.5, 0.6) is 0 Å². The van der Waals surface area contributed by atoms with E-state index in [1.807, 2.05) is 18.2 Å². The molecule has 19 nitrogen and oxygen atoms in total. The van der Waals surface area contributed by atoms with Crippen molar-refractivity contribution in [3.8, 4) is 18.2 Å². The highest BCUT2D eigenvalue weighted by atomic mass is 16.6. The molecule has 0 aromatic heterocycles. The molecule has 0 aliphatic heterocycles. The fourth-order valence-corrected chi connectivity index (χ4v) is 4.04. The first-order chi connectivity index (χ1) is 27.1. The molecule has 0 saturated carbocycles. The first-order valence-corrected chi connectivity index (χ1v) is 17.6. The summed E-state index contributed by atoms with van der Waals surface area (Å²) in [5.41, 5.74) is 11.7. The Morgan fingerprint density at radius 1 is 0.627 bits per heavy atom. The fraction of sp³-hybridized carbons (Fsp3) is 0.400. The molecule has 0 atom stereocenters. The number of nitrogen functional groups attached to an aromatic ring is 1. The second-order valence-electron chi connectivity index (χ2n) is 15.1. The maximum atomic E-state index is 11.5. The number of nitro benzene ring substituents is 2. The topological polar surface area (TPSA) is 313 Å². The minimum Gasteiger partial charge on any atom is -0.459 e. The number of hydrogen-bond donors (Lipinski definition) is 4. The maximum absolute atomic E-state index is 11.5. The number of esters is 3. The van der Waals surface area contributed by atoms with Crippen LogP contribution in [0.2, 0.25) is 0 Å². The Morgan fingerprint density at radius 3 is 1.34 bits per heavy atom. The van der Waals surface area contributed by atoms with E-state index in [9.17, 15) is 34.6 Å². The number of nitrogens with zero attached hydrogens (tertiary/aromatic N) is 5. The molecule has 0 bridgehead atoms. The number of carbonyl (C=O) groups is 3. The molecular weight excluding hydrogens is 766 g/mol. The molecule has 59 heavy (non-hydrogen) atoms. The Hall–Kier alpha value is -7.30. The zero-order valence-corrected chi connectivity index (χ0v) is 34.8. The molecule has 6 N–H and O–H groups in total. The summed E-state index contributed by atoms with van der Waals surface area (Å²) in [6.45, 7) is 17.5. The first-order valence-electron chi connectivity index (χ1n) is 17.6. The number of nitrogens with one attached hydrogen (secondary N) is 2. The molecule has 3 aromatic rings. The van der Waals surface area contributed by atoms with Gasteiger partial charge in [-0.05, 0) is 106 Å². The summed E-state index contributed by atoms with van der Waals surface area (Å²) in [4.78, 5) is 53.7. The molecule has 316 valence electrons. The average Bonchev–Trinajstić information content (AvgIpc) is 3.12. The van der Waals surface area contributed by atoms with E-state index in [4.69, 9.17) is 41.5 Å². The minimum atomic E-state index is -0.616. The number of rotatable bonds is 9. The zero-order valence-electron chi connectivity index (χ0n) is 34.8. The van der Waals surface area contributed by atoms with Gasteiger partial charge in [0.2, 0.25) is 0 Å². The lowest BCUT2D eigenvalue weighted by atomic mass is 10.1. The van der Waals surface area contributed by atoms with Crippen LogP contribution in [0, 0.1) is 61.1 Å². The number of nitriles is 3. The van der Waals surface area contributed by atoms with Gasteiger partial charge in [-0.1, -0.05) is 6.07 Å². The van der Waals surface area contributed by atoms with E-state index < -0.39 is 32.6 Å². The molecule has 0 aliphatic rings. The highest BCUT2D eigenvalue weighted by Crippen LogP contribution is 2.25. The van der Waals surface area contributed by atoms with Crippen molar-refractivity contribution in [3.63, 3.8) is 0 Å². The van der Waals surface area contributed by atoms with Crippen LogP contribution in [-0.4, -0.2) is 64.2 Å². The van der Waals surface area contributed by atoms with Gasteiger partial charge in [0.05, 0.1) is 62.7 Å². The summed E-state index contributed by atoms with van der Waals surface area (Å²) in [7, 11) is 0. The lowest BCUT2D eigenvalue weighted by Crippen LogP contribution is -2.28. The number of aryl methyl sites for hydroxylation is 1. The molecule has 0 spiro atoms. The smallest absolute Gasteiger partial charge is 0.325 e. The van der Waals surface area contributed by atoms with Gasteiger partial charge in [-0.15, -0.1) is 0 Å². The van der Waals surface area contributed by atoms with Crippen molar-refractivity contribution in [3.05, 3.63) is 97.1 Å². The number of benzene rings is 3. The lowest BCUT2D eigenvalue weighted by Gasteiger charge is -2.20. The normalized spacial score (nSPS) is 10.3. The van der Waals surface area contributed by atoms with Crippen LogP contribution in [0.15, 0.2) is 54.6 Å². The molecule has 0 saturated heterocycles. The summed E-state index contributed by atoms with van der Waals surface area (Å²) >= 11 is 0. The van der Waals surface area contributed by atoms with Gasteiger partial charge in [-0.3, -0.25) is 34.6 Å². The Kier molecular flexibility index (Phi) is 20.8. The summed E-state index contributed by atoms with van der Waals surface area (Å²) in [6, 6.07) is 18.9. The molecule has 19 heteroatoms. The number of anilines is 3. The summed E-state index contributed by atoms with van der Waals surface area (Å²) < 4.78 is 15.1. The Balaban J connectivity index is 0.000000793. The lowest BCUT2D eigenvalue weighted by molar-refractivity contribution is -0.385. The van der Waals surface area contributed by atoms with Gasteiger partial charge >= 0.3 is 17.9 Å². The van der Waals surface area contributed by atoms with E-state index in [1.165, 1.54) is 18.2 Å². The van der Waals surface area contributed by atoms with Crippen LogP contribution >= 0.6 is 0 Å². The first kappa shape index (κ1) is 51.7. The highest BCUT2D eigenvalue weighted by Gasteiger charge is 2.20. The molecule has 0 radical (unpaired) electrons. The van der Waals surface area contributed by atoms with Gasteiger partial charge in [-0.25, -0.2) is 0 Å². The highest BCUT2D eigenvalue weighted by molar-refractivity contribution is 5.79. The van der Waals surface area contributed by atoms with Crippen LogP contribution in [0.1, 0.15) is 84.6 Å². The van der Waals surface area contributed by atoms with Crippen molar-refractivity contribution in [2.24, 2.45) is 5.73 Å². The van der Waals surface area contributed by atoms with Crippen LogP contribution < -0.4 is 22.1 Å². The molecule has 3 rings (SSSR count). The third-order valence-corrected chi connectivity index (χ3v) is 6.31. The molecule has 0 aliphatic carbocycles. The predicted molar refractivity (Wildman–Crippen MR) is 219 cm³/mol. The van der Waals surface area contributed by atoms with Crippen molar-refractivity contribution < 1.29 is 38.4 Å². The minimum absolute atomic E-state index is 0.00551. The summed E-state index contributed by atoms with van der Waals surface area (Å²) in [5.74, 6) is -1.23. The summed E-state index contributed by atoms with van der Waals surface area (Å²) in [5, 5.41) is 52.7. The third kappa shape index (κ3) is 22.8. The SMILES string of the molecule is CC(C)(C)OC(=O)CN.CC(C)(C)OC(=O)CNc1ccc(C#N)cc1N.CC(C)(C)OC(=O)CNc1ccc(C#N)cc1[N+](=O)[O-].Cc1ccc(C#N)cc1[N+](=O)[O-]. The fourth-order valence-electron chi connectivity index (χ4n) is 4.04. The van der Waals surface area contributed by atoms with Crippen LogP contribution in [0.4, 0.5) is 28.4 Å². The summed E-state index contributed by atoms with van der Waals surface area (Å²) in [6.07, 6.45) is 0. The number of hydrogen-bond acceptors (Lipinski definition) is 17. The third-order valence-electron chi connectivity index (χ3n) is 6.31. The van der Waals surface area contributed by atoms with E-state index in [2.05, 4.69) is 10.6 Å². The van der Waals surface area contributed by atoms with Gasteiger partial charge < -0.3 is 36.3 Å². The Morgan fingerprint density at radius 2 is 0.983 bits per heavy atom.